The quantitative estimate of drug-likeness (QED) is 0.749. The largest absolute Gasteiger partial charge is 0.454 e. The molecule has 26 heavy (non-hydrogen) atoms. The minimum atomic E-state index is -0.466. The monoisotopic (exact) mass is 352 g/mol. The molecule has 0 unspecified atom stereocenters. The number of nitrogens with one attached hydrogen (secondary N) is 2. The number of amides is 1. The Labute approximate surface area is 147 Å². The highest BCUT2D eigenvalue weighted by Crippen LogP contribution is 2.34. The van der Waals surface area contributed by atoms with E-state index in [1.165, 1.54) is 30.5 Å². The van der Waals surface area contributed by atoms with Gasteiger partial charge in [-0.05, 0) is 36.4 Å². The average molecular weight is 352 g/mol. The Kier molecular flexibility index (Phi) is 4.06. The Morgan fingerprint density at radius 3 is 2.81 bits per heavy atom. The van der Waals surface area contributed by atoms with E-state index in [0.717, 1.165) is 0 Å². The molecule has 0 fully saturated rings. The van der Waals surface area contributed by atoms with Gasteiger partial charge in [0.15, 0.2) is 11.5 Å². The summed E-state index contributed by atoms with van der Waals surface area (Å²) in [7, 11) is 0. The number of carbonyl (C=O) groups is 1. The molecule has 0 saturated heterocycles. The van der Waals surface area contributed by atoms with Gasteiger partial charge in [-0.3, -0.25) is 4.79 Å². The van der Waals surface area contributed by atoms with Crippen LogP contribution in [0.4, 0.5) is 21.7 Å². The number of hydrogen-bond acceptors (Lipinski definition) is 6. The normalized spacial score (nSPS) is 11.9. The summed E-state index contributed by atoms with van der Waals surface area (Å²) in [5.74, 6) is 0.632. The van der Waals surface area contributed by atoms with Gasteiger partial charge in [-0.15, -0.1) is 0 Å². The van der Waals surface area contributed by atoms with Crippen LogP contribution in [-0.2, 0) is 0 Å². The molecule has 0 spiro atoms. The molecule has 2 heterocycles. The van der Waals surface area contributed by atoms with Crippen LogP contribution in [0.1, 0.15) is 10.5 Å². The molecule has 7 nitrogen and oxygen atoms in total. The van der Waals surface area contributed by atoms with E-state index < -0.39 is 11.7 Å². The van der Waals surface area contributed by atoms with E-state index in [0.29, 0.717) is 22.9 Å². The SMILES string of the molecule is O=C(Nc1cccc(F)c1)c1ccnc(Nc2ccc3c(c2)OCO3)n1. The third kappa shape index (κ3) is 3.39. The molecule has 0 bridgehead atoms. The Hall–Kier alpha value is -3.68. The highest BCUT2D eigenvalue weighted by molar-refractivity contribution is 6.03. The predicted octanol–water partition coefficient (Wildman–Crippen LogP) is 3.34. The Bertz CT molecular complexity index is 980. The van der Waals surface area contributed by atoms with Crippen molar-refractivity contribution in [3.63, 3.8) is 0 Å². The molecule has 1 aromatic heterocycles. The number of ether oxygens (including phenoxy) is 2. The highest BCUT2D eigenvalue weighted by atomic mass is 19.1. The van der Waals surface area contributed by atoms with Gasteiger partial charge in [0.25, 0.3) is 5.91 Å². The van der Waals surface area contributed by atoms with E-state index in [4.69, 9.17) is 9.47 Å². The van der Waals surface area contributed by atoms with Crippen LogP contribution in [0, 0.1) is 5.82 Å². The Morgan fingerprint density at radius 1 is 1.04 bits per heavy atom. The van der Waals surface area contributed by atoms with Gasteiger partial charge < -0.3 is 20.1 Å². The van der Waals surface area contributed by atoms with Crippen LogP contribution in [0.15, 0.2) is 54.7 Å². The zero-order valence-electron chi connectivity index (χ0n) is 13.4. The zero-order chi connectivity index (χ0) is 17.9. The van der Waals surface area contributed by atoms with Crippen LogP contribution in [0.3, 0.4) is 0 Å². The van der Waals surface area contributed by atoms with Crippen molar-refractivity contribution in [1.82, 2.24) is 9.97 Å². The van der Waals surface area contributed by atoms with Crippen molar-refractivity contribution in [3.05, 3.63) is 66.2 Å². The van der Waals surface area contributed by atoms with Crippen molar-refractivity contribution >= 4 is 23.2 Å². The first kappa shape index (κ1) is 15.8. The number of carbonyl (C=O) groups excluding carboxylic acids is 1. The minimum absolute atomic E-state index is 0.146. The fourth-order valence-electron chi connectivity index (χ4n) is 2.41. The third-order valence-corrected chi connectivity index (χ3v) is 3.60. The molecular formula is C18H13FN4O3. The summed E-state index contributed by atoms with van der Waals surface area (Å²) < 4.78 is 23.8. The van der Waals surface area contributed by atoms with Crippen LogP contribution in [0.2, 0.25) is 0 Å². The molecule has 1 aliphatic rings. The van der Waals surface area contributed by atoms with E-state index >= 15 is 0 Å². The van der Waals surface area contributed by atoms with Gasteiger partial charge in [0.2, 0.25) is 12.7 Å². The van der Waals surface area contributed by atoms with Crippen LogP contribution in [0.5, 0.6) is 11.5 Å². The molecule has 8 heteroatoms. The summed E-state index contributed by atoms with van der Waals surface area (Å²) in [6, 6.07) is 12.4. The van der Waals surface area contributed by atoms with E-state index in [2.05, 4.69) is 20.6 Å². The number of benzene rings is 2. The lowest BCUT2D eigenvalue weighted by atomic mass is 10.3. The second kappa shape index (κ2) is 6.67. The summed E-state index contributed by atoms with van der Waals surface area (Å²) in [6.07, 6.45) is 1.46. The van der Waals surface area contributed by atoms with Crippen LogP contribution in [-0.4, -0.2) is 22.7 Å². The number of halogens is 1. The molecule has 0 radical (unpaired) electrons. The maximum Gasteiger partial charge on any atom is 0.274 e. The first-order valence-corrected chi connectivity index (χ1v) is 7.74. The Morgan fingerprint density at radius 2 is 1.92 bits per heavy atom. The van der Waals surface area contributed by atoms with Crippen molar-refractivity contribution in [2.24, 2.45) is 0 Å². The van der Waals surface area contributed by atoms with Gasteiger partial charge in [0.05, 0.1) is 0 Å². The maximum absolute atomic E-state index is 13.2. The first-order valence-electron chi connectivity index (χ1n) is 7.74. The van der Waals surface area contributed by atoms with Gasteiger partial charge in [-0.1, -0.05) is 6.07 Å². The topological polar surface area (TPSA) is 85.4 Å². The lowest BCUT2D eigenvalue weighted by molar-refractivity contribution is 0.102. The van der Waals surface area contributed by atoms with Crippen LogP contribution in [0.25, 0.3) is 0 Å². The average Bonchev–Trinajstić information content (AvgIpc) is 3.10. The highest BCUT2D eigenvalue weighted by Gasteiger charge is 2.14. The molecule has 4 rings (SSSR count). The summed E-state index contributed by atoms with van der Waals surface area (Å²) in [6.45, 7) is 0.186. The zero-order valence-corrected chi connectivity index (χ0v) is 13.4. The molecule has 0 saturated carbocycles. The van der Waals surface area contributed by atoms with Gasteiger partial charge in [-0.25, -0.2) is 14.4 Å². The molecular weight excluding hydrogens is 339 g/mol. The smallest absolute Gasteiger partial charge is 0.274 e. The summed E-state index contributed by atoms with van der Waals surface area (Å²) >= 11 is 0. The lowest BCUT2D eigenvalue weighted by Crippen LogP contribution is -2.14. The van der Waals surface area contributed by atoms with Gasteiger partial charge in [0, 0.05) is 23.6 Å². The predicted molar refractivity (Wildman–Crippen MR) is 92.2 cm³/mol. The van der Waals surface area contributed by atoms with Crippen molar-refractivity contribution in [1.29, 1.82) is 0 Å². The molecule has 1 aliphatic heterocycles. The number of anilines is 3. The van der Waals surface area contributed by atoms with E-state index in [9.17, 15) is 9.18 Å². The summed E-state index contributed by atoms with van der Waals surface area (Å²) in [5, 5.41) is 5.59. The molecule has 2 aromatic carbocycles. The molecule has 0 aliphatic carbocycles. The fourth-order valence-corrected chi connectivity index (χ4v) is 2.41. The third-order valence-electron chi connectivity index (χ3n) is 3.60. The molecule has 2 N–H and O–H groups in total. The number of hydrogen-bond donors (Lipinski definition) is 2. The van der Waals surface area contributed by atoms with Crippen molar-refractivity contribution in [3.8, 4) is 11.5 Å². The first-order chi connectivity index (χ1) is 12.7. The van der Waals surface area contributed by atoms with Gasteiger partial charge >= 0.3 is 0 Å². The number of fused-ring (bicyclic) bond motifs is 1. The molecule has 0 atom stereocenters. The van der Waals surface area contributed by atoms with E-state index in [-0.39, 0.29) is 18.4 Å². The summed E-state index contributed by atoms with van der Waals surface area (Å²) in [5.41, 5.74) is 1.18. The standard InChI is InChI=1S/C18H13FN4O3/c19-11-2-1-3-12(8-11)21-17(24)14-6-7-20-18(23-14)22-13-4-5-15-16(9-13)26-10-25-15/h1-9H,10H2,(H,21,24)(H,20,22,23). The van der Waals surface area contributed by atoms with E-state index in [1.807, 2.05) is 0 Å². The van der Waals surface area contributed by atoms with Crippen molar-refractivity contribution < 1.29 is 18.7 Å². The van der Waals surface area contributed by atoms with Crippen LogP contribution < -0.4 is 20.1 Å². The second-order valence-electron chi connectivity index (χ2n) is 5.42. The second-order valence-corrected chi connectivity index (χ2v) is 5.42. The number of nitrogens with zero attached hydrogens (tertiary/aromatic N) is 2. The van der Waals surface area contributed by atoms with Crippen molar-refractivity contribution in [2.75, 3.05) is 17.4 Å². The number of rotatable bonds is 4. The van der Waals surface area contributed by atoms with Crippen LogP contribution >= 0.6 is 0 Å². The minimum Gasteiger partial charge on any atom is -0.454 e. The van der Waals surface area contributed by atoms with Gasteiger partial charge in [0.1, 0.15) is 11.5 Å². The molecule has 1 amide bonds. The van der Waals surface area contributed by atoms with Crippen molar-refractivity contribution in [2.45, 2.75) is 0 Å². The van der Waals surface area contributed by atoms with E-state index in [1.54, 1.807) is 24.3 Å². The van der Waals surface area contributed by atoms with Gasteiger partial charge in [-0.2, -0.15) is 0 Å². The fraction of sp³-hybridized carbons (Fsp3) is 0.0556. The Balaban J connectivity index is 1.50. The molecule has 3 aromatic rings. The maximum atomic E-state index is 13.2. The number of aromatic nitrogens is 2. The summed E-state index contributed by atoms with van der Waals surface area (Å²) in [4.78, 5) is 20.6. The molecule has 130 valence electrons. The lowest BCUT2D eigenvalue weighted by Gasteiger charge is -2.08.